The number of hydrogen-bond donors (Lipinski definition) is 1. The molecule has 0 aromatic rings. The predicted octanol–water partition coefficient (Wildman–Crippen LogP) is -0.558. The molecule has 2 heteroatoms. The van der Waals surface area contributed by atoms with Crippen molar-refractivity contribution in [1.29, 1.82) is 0 Å². The fourth-order valence-corrected chi connectivity index (χ4v) is 0.441. The molecule has 1 rings (SSSR count). The minimum absolute atomic E-state index is 0.766. The van der Waals surface area contributed by atoms with Crippen LogP contribution in [0.4, 0.5) is 0 Å². The molecule has 0 aliphatic carbocycles. The van der Waals surface area contributed by atoms with Gasteiger partial charge in [0.1, 0.15) is 5.70 Å². The zero-order valence-electron chi connectivity index (χ0n) is 3.96. The van der Waals surface area contributed by atoms with Crippen LogP contribution in [0.3, 0.4) is 0 Å². The van der Waals surface area contributed by atoms with E-state index >= 15 is 0 Å². The first-order valence-electron chi connectivity index (χ1n) is 2.20. The van der Waals surface area contributed by atoms with Crippen molar-refractivity contribution in [1.82, 2.24) is 4.67 Å². The number of allylic oxidation sites excluding steroid dienone is 2. The van der Waals surface area contributed by atoms with Crippen molar-refractivity contribution in [2.24, 2.45) is 5.73 Å². The van der Waals surface area contributed by atoms with Gasteiger partial charge >= 0.3 is 6.21 Å². The molecule has 0 aromatic carbocycles. The molecule has 0 saturated heterocycles. The molecule has 2 nitrogen and oxygen atoms in total. The monoisotopic (exact) mass is 95.1 g/mol. The summed E-state index contributed by atoms with van der Waals surface area (Å²) in [6.07, 6.45) is 6.26. The van der Waals surface area contributed by atoms with Crippen molar-refractivity contribution in [2.45, 2.75) is 6.42 Å². The molecule has 0 amide bonds. The van der Waals surface area contributed by atoms with Crippen LogP contribution in [0.15, 0.2) is 11.8 Å². The van der Waals surface area contributed by atoms with Crippen LogP contribution in [-0.2, 0) is 0 Å². The van der Waals surface area contributed by atoms with Crippen LogP contribution in [0.5, 0.6) is 0 Å². The van der Waals surface area contributed by atoms with E-state index in [1.54, 1.807) is 6.21 Å². The van der Waals surface area contributed by atoms with Crippen LogP contribution < -0.4 is 10.4 Å². The van der Waals surface area contributed by atoms with Crippen molar-refractivity contribution in [3.8, 4) is 0 Å². The van der Waals surface area contributed by atoms with E-state index in [1.165, 1.54) is 0 Å². The highest BCUT2D eigenvalue weighted by molar-refractivity contribution is 5.82. The molecule has 1 heterocycles. The van der Waals surface area contributed by atoms with E-state index in [0.717, 1.165) is 12.1 Å². The smallest absolute Gasteiger partial charge is 0.314 e. The summed E-state index contributed by atoms with van der Waals surface area (Å²) in [5.41, 5.74) is 6.09. The van der Waals surface area contributed by atoms with Crippen LogP contribution in [0.1, 0.15) is 6.42 Å². The van der Waals surface area contributed by atoms with Crippen LogP contribution in [0.25, 0.3) is 0 Å². The van der Waals surface area contributed by atoms with E-state index in [-0.39, 0.29) is 0 Å². The SMILES string of the molecule is NC1=CCC=[N+]=C1. The fourth-order valence-electron chi connectivity index (χ4n) is 0.441. The molecule has 7 heavy (non-hydrogen) atoms. The highest BCUT2D eigenvalue weighted by Crippen LogP contribution is 1.81. The third kappa shape index (κ3) is 0.913. The predicted molar refractivity (Wildman–Crippen MR) is 31.1 cm³/mol. The zero-order chi connectivity index (χ0) is 5.11. The molecular weight excluding hydrogens is 88.1 g/mol. The molecule has 36 valence electrons. The molecule has 2 N–H and O–H groups in total. The second-order valence-electron chi connectivity index (χ2n) is 1.40. The topological polar surface area (TPSA) is 40.1 Å². The van der Waals surface area contributed by atoms with Gasteiger partial charge in [0.25, 0.3) is 6.21 Å². The van der Waals surface area contributed by atoms with Gasteiger partial charge < -0.3 is 5.73 Å². The molecule has 1 aliphatic heterocycles. The molecule has 1 aliphatic rings. The summed E-state index contributed by atoms with van der Waals surface area (Å²) in [6, 6.07) is 0. The Balaban J connectivity index is 2.82. The lowest BCUT2D eigenvalue weighted by Crippen LogP contribution is -2.03. The van der Waals surface area contributed by atoms with Gasteiger partial charge in [-0.1, -0.05) is 0 Å². The van der Waals surface area contributed by atoms with Crippen LogP contribution in [0, 0.1) is 0 Å². The minimum atomic E-state index is 0.766. The summed E-state index contributed by atoms with van der Waals surface area (Å²) in [4.78, 5) is 0. The van der Waals surface area contributed by atoms with E-state index in [0.29, 0.717) is 0 Å². The van der Waals surface area contributed by atoms with Gasteiger partial charge in [0, 0.05) is 0 Å². The van der Waals surface area contributed by atoms with Crippen molar-refractivity contribution < 1.29 is 0 Å². The molecule has 0 aromatic heterocycles. The third-order valence-electron chi connectivity index (χ3n) is 0.788. The Hall–Kier alpha value is -1.01. The highest BCUT2D eigenvalue weighted by atomic mass is 14.6. The van der Waals surface area contributed by atoms with E-state index in [9.17, 15) is 0 Å². The first-order chi connectivity index (χ1) is 3.39. The standard InChI is InChI=1S/C5H7N2/c6-5-2-1-3-7-4-5/h2-4H,1,6H2/q+1. The van der Waals surface area contributed by atoms with Gasteiger partial charge in [0.05, 0.1) is 6.42 Å². The quantitative estimate of drug-likeness (QED) is 0.402. The molecule has 0 spiro atoms. The second-order valence-corrected chi connectivity index (χ2v) is 1.40. The van der Waals surface area contributed by atoms with Crippen molar-refractivity contribution in [3.05, 3.63) is 11.8 Å². The fraction of sp³-hybridized carbons (Fsp3) is 0.200. The minimum Gasteiger partial charge on any atom is -0.393 e. The van der Waals surface area contributed by atoms with Gasteiger partial charge in [0.2, 0.25) is 0 Å². The maximum Gasteiger partial charge on any atom is 0.314 e. The van der Waals surface area contributed by atoms with Crippen LogP contribution in [0.2, 0.25) is 0 Å². The van der Waals surface area contributed by atoms with E-state index in [2.05, 4.69) is 4.67 Å². The number of nitrogens with two attached hydrogens (primary N) is 1. The first-order valence-corrected chi connectivity index (χ1v) is 2.20. The van der Waals surface area contributed by atoms with E-state index in [4.69, 9.17) is 5.73 Å². The van der Waals surface area contributed by atoms with Crippen molar-refractivity contribution in [2.75, 3.05) is 0 Å². The first kappa shape index (κ1) is 4.16. The van der Waals surface area contributed by atoms with Gasteiger partial charge in [-0.05, 0) is 6.08 Å². The maximum atomic E-state index is 5.33. The van der Waals surface area contributed by atoms with Gasteiger partial charge in [-0.25, -0.2) is 0 Å². The molecule has 0 atom stereocenters. The summed E-state index contributed by atoms with van der Waals surface area (Å²) in [5, 5.41) is 0. The number of nitrogens with zero attached hydrogens (tertiary/aromatic N) is 1. The van der Waals surface area contributed by atoms with Crippen molar-refractivity contribution >= 4 is 12.4 Å². The molecule has 0 radical (unpaired) electrons. The van der Waals surface area contributed by atoms with Gasteiger partial charge in [-0.3, -0.25) is 0 Å². The van der Waals surface area contributed by atoms with E-state index < -0.39 is 0 Å². The Morgan fingerprint density at radius 1 is 1.71 bits per heavy atom. The number of rotatable bonds is 0. The van der Waals surface area contributed by atoms with Crippen molar-refractivity contribution in [3.63, 3.8) is 0 Å². The summed E-state index contributed by atoms with van der Waals surface area (Å²) in [7, 11) is 0. The summed E-state index contributed by atoms with van der Waals surface area (Å²) in [5.74, 6) is 0. The number of hydrogen-bond acceptors (Lipinski definition) is 1. The zero-order valence-corrected chi connectivity index (χ0v) is 3.96. The normalized spacial score (nSPS) is 16.9. The van der Waals surface area contributed by atoms with Gasteiger partial charge in [0.15, 0.2) is 0 Å². The molecule has 0 bridgehead atoms. The second kappa shape index (κ2) is 1.63. The van der Waals surface area contributed by atoms with Gasteiger partial charge in [-0.15, -0.1) is 4.67 Å². The largest absolute Gasteiger partial charge is 0.393 e. The Morgan fingerprint density at radius 3 is 2.86 bits per heavy atom. The summed E-state index contributed by atoms with van der Waals surface area (Å²) >= 11 is 0. The average Bonchev–Trinajstić information content (AvgIpc) is 1.69. The Bertz CT molecular complexity index is 149. The Morgan fingerprint density at radius 2 is 2.57 bits per heavy atom. The Kier molecular flexibility index (Phi) is 0.966. The van der Waals surface area contributed by atoms with E-state index in [1.807, 2.05) is 12.3 Å². The molecule has 0 fully saturated rings. The lowest BCUT2D eigenvalue weighted by Gasteiger charge is -1.80. The summed E-state index contributed by atoms with van der Waals surface area (Å²) in [6.45, 7) is 0. The van der Waals surface area contributed by atoms with Gasteiger partial charge in [-0.2, -0.15) is 0 Å². The third-order valence-corrected chi connectivity index (χ3v) is 0.788. The molecule has 0 saturated carbocycles. The molecular formula is C5H7N2+. The van der Waals surface area contributed by atoms with Crippen LogP contribution in [-0.4, -0.2) is 12.4 Å². The Labute approximate surface area is 42.1 Å². The van der Waals surface area contributed by atoms with Crippen LogP contribution >= 0.6 is 0 Å². The maximum absolute atomic E-state index is 5.33. The lowest BCUT2D eigenvalue weighted by molar-refractivity contribution is 1.36. The molecule has 0 unspecified atom stereocenters. The highest BCUT2D eigenvalue weighted by Gasteiger charge is 1.93. The lowest BCUT2D eigenvalue weighted by atomic mass is 10.3. The summed E-state index contributed by atoms with van der Waals surface area (Å²) < 4.78 is 3.81. The average molecular weight is 95.1 g/mol.